The highest BCUT2D eigenvalue weighted by Crippen LogP contribution is 2.40. The van der Waals surface area contributed by atoms with Crippen LogP contribution >= 0.6 is 0 Å². The van der Waals surface area contributed by atoms with Crippen LogP contribution in [0.15, 0.2) is 30.4 Å². The molecule has 288 valence electrons. The Labute approximate surface area is 305 Å². The topological polar surface area (TPSA) is 221 Å². The van der Waals surface area contributed by atoms with Crippen LogP contribution in [0.2, 0.25) is 0 Å². The van der Waals surface area contributed by atoms with Crippen LogP contribution in [-0.4, -0.2) is 95.4 Å². The molecule has 5 atom stereocenters. The highest BCUT2D eigenvalue weighted by Gasteiger charge is 2.44. The first kappa shape index (κ1) is 40.4. The van der Waals surface area contributed by atoms with Crippen molar-refractivity contribution >= 4 is 50.7 Å². The number of ether oxygens (including phenoxy) is 2. The zero-order chi connectivity index (χ0) is 38.5. The molecule has 1 aliphatic carbocycles. The molecule has 1 saturated carbocycles. The normalized spacial score (nSPS) is 21.1. The summed E-state index contributed by atoms with van der Waals surface area (Å²) in [6.07, 6.45) is 6.43. The number of carbonyl (C=O) groups excluding carboxylic acids is 4. The van der Waals surface area contributed by atoms with Gasteiger partial charge in [-0.1, -0.05) is 31.1 Å². The van der Waals surface area contributed by atoms with Crippen LogP contribution in [0.3, 0.4) is 0 Å². The number of unbranched alkanes of at least 4 members (excludes halogenated alkanes) is 3. The van der Waals surface area contributed by atoms with Crippen LogP contribution in [0.1, 0.15) is 85.6 Å². The Morgan fingerprint density at radius 1 is 1.12 bits per heavy atom. The van der Waals surface area contributed by atoms with Gasteiger partial charge in [0.1, 0.15) is 29.3 Å². The number of nitrogen functional groups attached to an aromatic ring is 1. The summed E-state index contributed by atoms with van der Waals surface area (Å²) in [5.74, 6) is -2.03. The van der Waals surface area contributed by atoms with E-state index in [4.69, 9.17) is 20.9 Å². The number of nitrogens with zero attached hydrogens (tertiary/aromatic N) is 4. The Morgan fingerprint density at radius 3 is 2.46 bits per heavy atom. The number of nitrogens with one attached hydrogen (secondary N) is 2. The summed E-state index contributed by atoms with van der Waals surface area (Å²) in [5.41, 5.74) is 13.1. The van der Waals surface area contributed by atoms with Gasteiger partial charge in [-0.15, -0.1) is 0 Å². The van der Waals surface area contributed by atoms with Crippen LogP contribution in [0.4, 0.5) is 10.5 Å². The highest BCUT2D eigenvalue weighted by molar-refractivity contribution is 7.87. The van der Waals surface area contributed by atoms with Crippen molar-refractivity contribution in [3.05, 3.63) is 30.4 Å². The van der Waals surface area contributed by atoms with E-state index < -0.39 is 57.8 Å². The van der Waals surface area contributed by atoms with Gasteiger partial charge in [-0.05, 0) is 78.4 Å². The number of anilines is 1. The van der Waals surface area contributed by atoms with Crippen LogP contribution < -0.4 is 26.2 Å². The molecule has 2 fully saturated rings. The fourth-order valence-electron chi connectivity index (χ4n) is 6.23. The van der Waals surface area contributed by atoms with Gasteiger partial charge in [-0.2, -0.15) is 17.7 Å². The number of likely N-dealkylation sites (tertiary alicyclic amines) is 1. The molecule has 1 aromatic heterocycles. The smallest absolute Gasteiger partial charge is 0.408 e. The second-order valence-electron chi connectivity index (χ2n) is 15.0. The number of fused-ring (bicyclic) bond motifs is 1. The Morgan fingerprint density at radius 2 is 1.83 bits per heavy atom. The van der Waals surface area contributed by atoms with Gasteiger partial charge in [-0.3, -0.25) is 19.0 Å². The number of nitrogens with two attached hydrogens (primary N) is 2. The number of amides is 4. The Balaban J connectivity index is 1.37. The Hall–Kier alpha value is -4.38. The van der Waals surface area contributed by atoms with Crippen molar-refractivity contribution in [2.75, 3.05) is 26.4 Å². The van der Waals surface area contributed by atoms with Gasteiger partial charge in [0.05, 0.1) is 17.7 Å². The lowest BCUT2D eigenvalue weighted by molar-refractivity contribution is -0.139. The first-order chi connectivity index (χ1) is 24.3. The number of hydrogen-bond donors (Lipinski definition) is 4. The molecule has 0 radical (unpaired) electrons. The molecule has 2 aliphatic rings. The minimum Gasteiger partial charge on any atom is -0.459 e. The lowest BCUT2D eigenvalue weighted by atomic mass is 10.0. The molecule has 2 aromatic rings. The maximum absolute atomic E-state index is 14.0. The summed E-state index contributed by atoms with van der Waals surface area (Å²) in [7, 11) is -1.11. The highest BCUT2D eigenvalue weighted by atomic mass is 32.2. The number of aromatic nitrogens is 2. The number of rotatable bonds is 16. The number of para-hydroxylation sites is 1. The van der Waals surface area contributed by atoms with Crippen molar-refractivity contribution in [3.8, 4) is 6.01 Å². The van der Waals surface area contributed by atoms with Crippen molar-refractivity contribution in [2.24, 2.45) is 17.6 Å². The van der Waals surface area contributed by atoms with E-state index in [0.29, 0.717) is 36.5 Å². The molecule has 2 heterocycles. The molecule has 16 nitrogen and oxygen atoms in total. The maximum atomic E-state index is 14.0. The average molecular weight is 747 g/mol. The zero-order valence-electron chi connectivity index (χ0n) is 31.1. The standard InChI is InChI=1S/C35H54N8O8S/c1-21(2)43-27-17-13-15-25(36)29(27)39-33(43)50-23-19-28(30(37)44)42(20-23)32(46)26(38-34(47)51-35(3,4)5)16-12-10-8-9-11-14-22-18-24(22)31(45)40-52(48,49)41(6)7/h11,13-15,17,21-24,26,28H,8-10,12,16,18-20,36H2,1-7H3,(H2,37,44)(H,38,47)(H,40,45). The summed E-state index contributed by atoms with van der Waals surface area (Å²) >= 11 is 0. The van der Waals surface area contributed by atoms with Crippen LogP contribution in [0, 0.1) is 11.8 Å². The molecule has 4 rings (SSSR count). The van der Waals surface area contributed by atoms with E-state index in [1.165, 1.54) is 19.0 Å². The monoisotopic (exact) mass is 746 g/mol. The third kappa shape index (κ3) is 10.4. The summed E-state index contributed by atoms with van der Waals surface area (Å²) in [6, 6.07) is 3.87. The lowest BCUT2D eigenvalue weighted by Crippen LogP contribution is -2.53. The SMILES string of the molecule is CC(C)n1c(OC2CC(C(N)=O)N(C(=O)C(CCCCCC=CC3CC3C(=O)NS(=O)(=O)N(C)C)NC(=O)OC(C)(C)C)C2)nc2c(N)cccc21. The minimum atomic E-state index is -3.82. The van der Waals surface area contributed by atoms with E-state index in [2.05, 4.69) is 15.0 Å². The van der Waals surface area contributed by atoms with Crippen LogP contribution in [-0.2, 0) is 29.3 Å². The van der Waals surface area contributed by atoms with Gasteiger partial charge in [0.25, 0.3) is 6.01 Å². The number of alkyl carbamates (subject to hydrolysis) is 1. The van der Waals surface area contributed by atoms with E-state index in [1.807, 2.05) is 42.7 Å². The molecule has 17 heteroatoms. The Kier molecular flexibility index (Phi) is 12.8. The summed E-state index contributed by atoms with van der Waals surface area (Å²) < 4.78 is 40.5. The number of allylic oxidation sites excluding steroid dienone is 2. The van der Waals surface area contributed by atoms with E-state index in [0.717, 1.165) is 29.1 Å². The van der Waals surface area contributed by atoms with Crippen molar-refractivity contribution in [2.45, 2.75) is 109 Å². The van der Waals surface area contributed by atoms with Crippen LogP contribution in [0.25, 0.3) is 11.0 Å². The lowest BCUT2D eigenvalue weighted by Gasteiger charge is -2.28. The number of benzene rings is 1. The predicted molar refractivity (Wildman–Crippen MR) is 196 cm³/mol. The van der Waals surface area contributed by atoms with Gasteiger partial charge >= 0.3 is 16.3 Å². The Bertz CT molecular complexity index is 1770. The average Bonchev–Trinajstić information content (AvgIpc) is 3.52. The molecular weight excluding hydrogens is 692 g/mol. The minimum absolute atomic E-state index is 0.00787. The molecule has 0 spiro atoms. The van der Waals surface area contributed by atoms with E-state index >= 15 is 0 Å². The predicted octanol–water partition coefficient (Wildman–Crippen LogP) is 2.99. The fourth-order valence-corrected chi connectivity index (χ4v) is 6.82. The number of primary amides is 1. The summed E-state index contributed by atoms with van der Waals surface area (Å²) in [6.45, 7) is 9.21. The number of hydrogen-bond acceptors (Lipinski definition) is 10. The molecule has 0 bridgehead atoms. The van der Waals surface area contributed by atoms with E-state index in [1.54, 1.807) is 26.8 Å². The summed E-state index contributed by atoms with van der Waals surface area (Å²) in [4.78, 5) is 57.8. The van der Waals surface area contributed by atoms with Crippen LogP contribution in [0.5, 0.6) is 6.01 Å². The second kappa shape index (κ2) is 16.5. The zero-order valence-corrected chi connectivity index (χ0v) is 31.9. The molecule has 1 saturated heterocycles. The van der Waals surface area contributed by atoms with Gasteiger partial charge in [-0.25, -0.2) is 9.52 Å². The quantitative estimate of drug-likeness (QED) is 0.112. The summed E-state index contributed by atoms with van der Waals surface area (Å²) in [5, 5.41) is 2.71. The van der Waals surface area contributed by atoms with Crippen molar-refractivity contribution in [1.82, 2.24) is 28.8 Å². The van der Waals surface area contributed by atoms with Crippen molar-refractivity contribution in [3.63, 3.8) is 0 Å². The maximum Gasteiger partial charge on any atom is 0.408 e. The van der Waals surface area contributed by atoms with Gasteiger partial charge in [0, 0.05) is 32.5 Å². The second-order valence-corrected chi connectivity index (χ2v) is 16.9. The molecule has 5 unspecified atom stereocenters. The van der Waals surface area contributed by atoms with Gasteiger partial charge < -0.3 is 31.2 Å². The number of imidazole rings is 1. The van der Waals surface area contributed by atoms with E-state index in [-0.39, 0.29) is 30.8 Å². The van der Waals surface area contributed by atoms with Crippen molar-refractivity contribution < 1.29 is 37.1 Å². The third-order valence-corrected chi connectivity index (χ3v) is 10.4. The number of carbonyl (C=O) groups is 4. The molecule has 52 heavy (non-hydrogen) atoms. The third-order valence-electron chi connectivity index (χ3n) is 9.00. The van der Waals surface area contributed by atoms with E-state index in [9.17, 15) is 27.6 Å². The molecule has 1 aliphatic heterocycles. The van der Waals surface area contributed by atoms with Gasteiger partial charge in [0.15, 0.2) is 0 Å². The largest absolute Gasteiger partial charge is 0.459 e. The first-order valence-electron chi connectivity index (χ1n) is 17.7. The first-order valence-corrected chi connectivity index (χ1v) is 19.2. The molecule has 1 aromatic carbocycles. The molecule has 6 N–H and O–H groups in total. The fraction of sp³-hybridized carbons (Fsp3) is 0.629. The molecular formula is C35H54N8O8S. The molecule has 4 amide bonds. The van der Waals surface area contributed by atoms with Crippen molar-refractivity contribution in [1.29, 1.82) is 0 Å². The van der Waals surface area contributed by atoms with Gasteiger partial charge in [0.2, 0.25) is 17.7 Å².